The Hall–Kier alpha value is -1.33. The summed E-state index contributed by atoms with van der Waals surface area (Å²) in [6.07, 6.45) is 5.80. The van der Waals surface area contributed by atoms with Crippen LogP contribution in [0.5, 0.6) is 0 Å². The molecule has 11 nitrogen and oxygen atoms in total. The normalized spacial score (nSPS) is 40.2. The molecule has 3 aliphatic heterocycles. The molecule has 0 aromatic carbocycles. The monoisotopic (exact) mass is 488 g/mol. The largest absolute Gasteiger partial charge is 0.469 e. The second-order valence-electron chi connectivity index (χ2n) is 9.67. The Bertz CT molecular complexity index is 848. The van der Waals surface area contributed by atoms with E-state index in [1.165, 1.54) is 11.0 Å². The predicted octanol–water partition coefficient (Wildman–Crippen LogP) is 0.463. The molecule has 2 bridgehead atoms. The first-order valence-corrected chi connectivity index (χ1v) is 13.2. The van der Waals surface area contributed by atoms with Gasteiger partial charge in [-0.3, -0.25) is 14.1 Å². The molecule has 186 valence electrons. The average Bonchev–Trinajstić information content (AvgIpc) is 3.06. The number of phosphoric acid groups is 1. The summed E-state index contributed by atoms with van der Waals surface area (Å²) in [6, 6.07) is 0. The molecule has 33 heavy (non-hydrogen) atoms. The Morgan fingerprint density at radius 2 is 1.70 bits per heavy atom. The summed E-state index contributed by atoms with van der Waals surface area (Å²) in [7, 11) is -4.81. The first-order chi connectivity index (χ1) is 15.6. The number of ether oxygens (including phenoxy) is 1. The third kappa shape index (κ3) is 4.91. The van der Waals surface area contributed by atoms with Crippen molar-refractivity contribution in [1.82, 2.24) is 10.2 Å². The summed E-state index contributed by atoms with van der Waals surface area (Å²) in [5.41, 5.74) is -2.02. The van der Waals surface area contributed by atoms with Crippen molar-refractivity contribution in [2.45, 2.75) is 99.8 Å². The van der Waals surface area contributed by atoms with Crippen molar-refractivity contribution < 1.29 is 43.4 Å². The highest BCUT2D eigenvalue weighted by atomic mass is 31.2. The molecule has 2 saturated heterocycles. The molecule has 0 aromatic rings. The molecule has 6 atom stereocenters. The minimum atomic E-state index is -4.81. The first-order valence-electron chi connectivity index (χ1n) is 11.6. The number of aliphatic hydroxyl groups excluding tert-OH is 2. The van der Waals surface area contributed by atoms with Crippen LogP contribution in [0.4, 0.5) is 0 Å². The number of amides is 2. The van der Waals surface area contributed by atoms with Crippen LogP contribution in [0.3, 0.4) is 0 Å². The number of hydrogen-bond acceptors (Lipinski definition) is 7. The number of carbonyl (C=O) groups excluding carboxylic acids is 2. The number of nitrogens with zero attached hydrogens (tertiary/aromatic N) is 1. The SMILES string of the molecule is O=C1C=CC23CCCCCCCCCC(C2)(N1)C(=O)N3C1OC(COP(=O)(O)O)C(O)C1O. The van der Waals surface area contributed by atoms with Gasteiger partial charge in [0.2, 0.25) is 5.91 Å². The number of aliphatic hydroxyl groups is 2. The Balaban J connectivity index is 1.67. The molecule has 0 radical (unpaired) electrons. The second kappa shape index (κ2) is 9.37. The number of rotatable bonds is 4. The average molecular weight is 488 g/mol. The summed E-state index contributed by atoms with van der Waals surface area (Å²) < 4.78 is 21.4. The lowest BCUT2D eigenvalue weighted by molar-refractivity contribution is -0.161. The van der Waals surface area contributed by atoms with Crippen LogP contribution in [0.25, 0.3) is 0 Å². The Morgan fingerprint density at radius 3 is 2.36 bits per heavy atom. The molecule has 2 amide bonds. The highest BCUT2D eigenvalue weighted by molar-refractivity contribution is 7.46. The molecule has 0 aromatic heterocycles. The van der Waals surface area contributed by atoms with Crippen LogP contribution < -0.4 is 5.32 Å². The van der Waals surface area contributed by atoms with E-state index in [0.29, 0.717) is 19.3 Å². The molecule has 4 rings (SSSR count). The molecule has 5 N–H and O–H groups in total. The lowest BCUT2D eigenvalue weighted by Gasteiger charge is -2.40. The van der Waals surface area contributed by atoms with Crippen LogP contribution in [0.1, 0.15) is 64.2 Å². The molecular formula is C21H33N2O9P. The van der Waals surface area contributed by atoms with Gasteiger partial charge < -0.3 is 35.0 Å². The fourth-order valence-corrected chi connectivity index (χ4v) is 6.11. The van der Waals surface area contributed by atoms with Gasteiger partial charge in [0.1, 0.15) is 23.9 Å². The molecule has 0 spiro atoms. The van der Waals surface area contributed by atoms with Crippen molar-refractivity contribution in [3.8, 4) is 0 Å². The van der Waals surface area contributed by atoms with E-state index in [0.717, 1.165) is 44.9 Å². The van der Waals surface area contributed by atoms with E-state index in [-0.39, 0.29) is 11.8 Å². The van der Waals surface area contributed by atoms with Gasteiger partial charge in [0.05, 0.1) is 12.1 Å². The minimum Gasteiger partial charge on any atom is -0.387 e. The lowest BCUT2D eigenvalue weighted by Crippen LogP contribution is -2.59. The van der Waals surface area contributed by atoms with Gasteiger partial charge in [-0.2, -0.15) is 0 Å². The van der Waals surface area contributed by atoms with Gasteiger partial charge in [-0.1, -0.05) is 51.0 Å². The van der Waals surface area contributed by atoms with Gasteiger partial charge in [-0.05, 0) is 12.8 Å². The van der Waals surface area contributed by atoms with E-state index in [1.54, 1.807) is 6.08 Å². The zero-order chi connectivity index (χ0) is 23.9. The minimum absolute atomic E-state index is 0.333. The maximum atomic E-state index is 13.9. The van der Waals surface area contributed by atoms with Crippen molar-refractivity contribution in [3.63, 3.8) is 0 Å². The quantitative estimate of drug-likeness (QED) is 0.353. The van der Waals surface area contributed by atoms with Crippen LogP contribution in [-0.2, 0) is 23.4 Å². The van der Waals surface area contributed by atoms with E-state index in [1.807, 2.05) is 0 Å². The molecule has 1 aliphatic carbocycles. The Labute approximate surface area is 192 Å². The van der Waals surface area contributed by atoms with Crippen LogP contribution in [-0.4, -0.2) is 78.9 Å². The number of likely N-dealkylation sites (tertiary alicyclic amines) is 1. The summed E-state index contributed by atoms with van der Waals surface area (Å²) >= 11 is 0. The van der Waals surface area contributed by atoms with Gasteiger partial charge in [0, 0.05) is 12.5 Å². The maximum Gasteiger partial charge on any atom is 0.469 e. The van der Waals surface area contributed by atoms with Gasteiger partial charge in [-0.15, -0.1) is 0 Å². The van der Waals surface area contributed by atoms with Gasteiger partial charge >= 0.3 is 7.82 Å². The fraction of sp³-hybridized carbons (Fsp3) is 0.810. The van der Waals surface area contributed by atoms with Crippen LogP contribution in [0.2, 0.25) is 0 Å². The molecule has 1 saturated carbocycles. The van der Waals surface area contributed by atoms with Crippen molar-refractivity contribution in [2.24, 2.45) is 0 Å². The number of nitrogens with one attached hydrogen (secondary N) is 1. The van der Waals surface area contributed by atoms with E-state index in [4.69, 9.17) is 14.5 Å². The maximum absolute atomic E-state index is 13.9. The Morgan fingerprint density at radius 1 is 1.06 bits per heavy atom. The third-order valence-electron chi connectivity index (χ3n) is 7.34. The van der Waals surface area contributed by atoms with Crippen LogP contribution >= 0.6 is 7.82 Å². The smallest absolute Gasteiger partial charge is 0.387 e. The number of carbonyl (C=O) groups is 2. The first kappa shape index (κ1) is 24.8. The number of phosphoric ester groups is 1. The third-order valence-corrected chi connectivity index (χ3v) is 7.82. The molecular weight excluding hydrogens is 455 g/mol. The van der Waals surface area contributed by atoms with Crippen molar-refractivity contribution in [1.29, 1.82) is 0 Å². The van der Waals surface area contributed by atoms with E-state index < -0.39 is 50.0 Å². The predicted molar refractivity (Wildman–Crippen MR) is 114 cm³/mol. The molecule has 3 heterocycles. The van der Waals surface area contributed by atoms with E-state index >= 15 is 0 Å². The molecule has 3 fully saturated rings. The molecule has 4 aliphatic rings. The summed E-state index contributed by atoms with van der Waals surface area (Å²) in [4.78, 5) is 45.8. The zero-order valence-corrected chi connectivity index (χ0v) is 19.4. The van der Waals surface area contributed by atoms with E-state index in [9.17, 15) is 24.4 Å². The highest BCUT2D eigenvalue weighted by Gasteiger charge is 2.64. The zero-order valence-electron chi connectivity index (χ0n) is 18.5. The fourth-order valence-electron chi connectivity index (χ4n) is 5.77. The molecule has 6 unspecified atom stereocenters. The standard InChI is InChI=1S/C21H33N2O9P/c24-15-8-11-20-9-6-4-2-1-3-5-7-10-21(13-20,22-15)19(27)23(20)18-17(26)16(25)14(32-18)12-31-33(28,29)30/h8,11,14,16-18,25-26H,1-7,9-10,12-13H2,(H,22,24)(H2,28,29,30). The van der Waals surface area contributed by atoms with Gasteiger partial charge in [0.25, 0.3) is 5.91 Å². The summed E-state index contributed by atoms with van der Waals surface area (Å²) in [5.74, 6) is -0.701. The Kier molecular flexibility index (Phi) is 7.04. The summed E-state index contributed by atoms with van der Waals surface area (Å²) in [6.45, 7) is -0.647. The van der Waals surface area contributed by atoms with E-state index in [2.05, 4.69) is 9.84 Å². The van der Waals surface area contributed by atoms with Crippen LogP contribution in [0.15, 0.2) is 12.2 Å². The van der Waals surface area contributed by atoms with Gasteiger partial charge in [-0.25, -0.2) is 4.57 Å². The second-order valence-corrected chi connectivity index (χ2v) is 10.9. The summed E-state index contributed by atoms with van der Waals surface area (Å²) in [5, 5.41) is 24.2. The van der Waals surface area contributed by atoms with Gasteiger partial charge in [0.15, 0.2) is 6.23 Å². The van der Waals surface area contributed by atoms with Crippen molar-refractivity contribution in [2.75, 3.05) is 6.61 Å². The molecule has 12 heteroatoms. The van der Waals surface area contributed by atoms with Crippen molar-refractivity contribution in [3.05, 3.63) is 12.2 Å². The topological polar surface area (TPSA) is 166 Å². The lowest BCUT2D eigenvalue weighted by atomic mass is 9.80. The van der Waals surface area contributed by atoms with Crippen LogP contribution in [0, 0.1) is 0 Å². The number of hydrogen-bond donors (Lipinski definition) is 5. The highest BCUT2D eigenvalue weighted by Crippen LogP contribution is 2.49. The van der Waals surface area contributed by atoms with Crippen molar-refractivity contribution >= 4 is 19.6 Å².